The third-order valence-corrected chi connectivity index (χ3v) is 4.45. The van der Waals surface area contributed by atoms with Crippen LogP contribution in [0.3, 0.4) is 0 Å². The lowest BCUT2D eigenvalue weighted by molar-refractivity contribution is -0.121. The van der Waals surface area contributed by atoms with Crippen molar-refractivity contribution >= 4 is 34.8 Å². The molecular weight excluding hydrogens is 388 g/mol. The van der Waals surface area contributed by atoms with Gasteiger partial charge >= 0.3 is 0 Å². The molecule has 0 radical (unpaired) electrons. The van der Waals surface area contributed by atoms with Gasteiger partial charge in [0.2, 0.25) is 5.91 Å². The number of ether oxygens (including phenoxy) is 1. The van der Waals surface area contributed by atoms with Crippen LogP contribution in [0.25, 0.3) is 0 Å². The van der Waals surface area contributed by atoms with E-state index in [9.17, 15) is 9.59 Å². The number of carbonyl (C=O) groups is 2. The Kier molecular flexibility index (Phi) is 6.35. The number of thiazole rings is 1. The first-order valence-corrected chi connectivity index (χ1v) is 9.18. The largest absolute Gasteiger partial charge is 0.486 e. The van der Waals surface area contributed by atoms with Gasteiger partial charge in [-0.05, 0) is 36.4 Å². The SMILES string of the molecule is O=C(Cc1csc(COc2ccc(Cl)cc2)n1)NNC(=O)c1ccccn1. The van der Waals surface area contributed by atoms with Crippen LogP contribution in [0.5, 0.6) is 5.75 Å². The van der Waals surface area contributed by atoms with Crippen LogP contribution < -0.4 is 15.6 Å². The average Bonchev–Trinajstić information content (AvgIpc) is 3.13. The Morgan fingerprint density at radius 1 is 1.11 bits per heavy atom. The van der Waals surface area contributed by atoms with Crippen LogP contribution in [-0.2, 0) is 17.8 Å². The highest BCUT2D eigenvalue weighted by molar-refractivity contribution is 7.09. The summed E-state index contributed by atoms with van der Waals surface area (Å²) in [5.74, 6) is -0.180. The third-order valence-electron chi connectivity index (χ3n) is 3.33. The quantitative estimate of drug-likeness (QED) is 0.618. The van der Waals surface area contributed by atoms with Gasteiger partial charge in [0.05, 0.1) is 12.1 Å². The molecule has 3 aromatic rings. The summed E-state index contributed by atoms with van der Waals surface area (Å²) in [4.78, 5) is 32.0. The predicted octanol–water partition coefficient (Wildman–Crippen LogP) is 2.77. The molecular formula is C18H15ClN4O3S. The molecule has 1 aromatic carbocycles. The van der Waals surface area contributed by atoms with Gasteiger partial charge in [0, 0.05) is 16.6 Å². The Morgan fingerprint density at radius 2 is 1.93 bits per heavy atom. The summed E-state index contributed by atoms with van der Waals surface area (Å²) in [5.41, 5.74) is 5.47. The van der Waals surface area contributed by atoms with Gasteiger partial charge in [-0.2, -0.15) is 0 Å². The molecule has 0 bridgehead atoms. The lowest BCUT2D eigenvalue weighted by Gasteiger charge is -2.06. The molecule has 0 atom stereocenters. The number of benzene rings is 1. The zero-order chi connectivity index (χ0) is 19.1. The van der Waals surface area contributed by atoms with Crippen LogP contribution in [0.4, 0.5) is 0 Å². The van der Waals surface area contributed by atoms with E-state index < -0.39 is 5.91 Å². The molecule has 27 heavy (non-hydrogen) atoms. The molecule has 0 unspecified atom stereocenters. The minimum Gasteiger partial charge on any atom is -0.486 e. The molecule has 3 rings (SSSR count). The fourth-order valence-electron chi connectivity index (χ4n) is 2.07. The first-order valence-electron chi connectivity index (χ1n) is 7.92. The van der Waals surface area contributed by atoms with Crippen molar-refractivity contribution in [3.8, 4) is 5.75 Å². The van der Waals surface area contributed by atoms with Crippen molar-refractivity contribution in [1.29, 1.82) is 0 Å². The molecule has 0 aliphatic rings. The van der Waals surface area contributed by atoms with Gasteiger partial charge in [-0.25, -0.2) is 4.98 Å². The molecule has 2 heterocycles. The maximum Gasteiger partial charge on any atom is 0.288 e. The summed E-state index contributed by atoms with van der Waals surface area (Å²) in [5, 5.41) is 3.16. The lowest BCUT2D eigenvalue weighted by atomic mass is 10.3. The predicted molar refractivity (Wildman–Crippen MR) is 101 cm³/mol. The second kappa shape index (κ2) is 9.11. The van der Waals surface area contributed by atoms with Gasteiger partial charge in [0.25, 0.3) is 5.91 Å². The van der Waals surface area contributed by atoms with Crippen molar-refractivity contribution in [3.63, 3.8) is 0 Å². The zero-order valence-corrected chi connectivity index (χ0v) is 15.6. The number of hydrogen-bond donors (Lipinski definition) is 2. The summed E-state index contributed by atoms with van der Waals surface area (Å²) in [6.45, 7) is 0.296. The van der Waals surface area contributed by atoms with E-state index in [4.69, 9.17) is 16.3 Å². The number of hydrogen-bond acceptors (Lipinski definition) is 6. The summed E-state index contributed by atoms with van der Waals surface area (Å²) in [7, 11) is 0. The van der Waals surface area contributed by atoms with E-state index in [-0.39, 0.29) is 18.0 Å². The van der Waals surface area contributed by atoms with Gasteiger partial charge in [-0.15, -0.1) is 11.3 Å². The summed E-state index contributed by atoms with van der Waals surface area (Å²) in [6, 6.07) is 12.0. The van der Waals surface area contributed by atoms with E-state index in [1.54, 1.807) is 47.8 Å². The molecule has 0 fully saturated rings. The van der Waals surface area contributed by atoms with Crippen LogP contribution in [0.2, 0.25) is 5.02 Å². The second-order valence-electron chi connectivity index (χ2n) is 5.37. The number of halogens is 1. The molecule has 0 aliphatic carbocycles. The smallest absolute Gasteiger partial charge is 0.288 e. The number of nitrogens with zero attached hydrogens (tertiary/aromatic N) is 2. The maximum absolute atomic E-state index is 11.9. The van der Waals surface area contributed by atoms with Crippen LogP contribution in [-0.4, -0.2) is 21.8 Å². The first kappa shape index (κ1) is 18.8. The number of nitrogens with one attached hydrogen (secondary N) is 2. The van der Waals surface area contributed by atoms with E-state index in [0.717, 1.165) is 5.01 Å². The Hall–Kier alpha value is -2.97. The molecule has 138 valence electrons. The Bertz CT molecular complexity index is 916. The Morgan fingerprint density at radius 3 is 2.67 bits per heavy atom. The van der Waals surface area contributed by atoms with Crippen molar-refractivity contribution in [2.24, 2.45) is 0 Å². The fraction of sp³-hybridized carbons (Fsp3) is 0.111. The Labute approximate surface area is 164 Å². The van der Waals surface area contributed by atoms with Crippen molar-refractivity contribution in [1.82, 2.24) is 20.8 Å². The zero-order valence-electron chi connectivity index (χ0n) is 14.0. The lowest BCUT2D eigenvalue weighted by Crippen LogP contribution is -2.42. The standard InChI is InChI=1S/C18H15ClN4O3S/c19-12-4-6-14(7-5-12)26-10-17-21-13(11-27-17)9-16(24)22-23-18(25)15-3-1-2-8-20-15/h1-8,11H,9-10H2,(H,22,24)(H,23,25). The summed E-state index contributed by atoms with van der Waals surface area (Å²) in [6.07, 6.45) is 1.54. The van der Waals surface area contributed by atoms with Crippen LogP contribution in [0.15, 0.2) is 54.0 Å². The van der Waals surface area contributed by atoms with Gasteiger partial charge in [-0.1, -0.05) is 17.7 Å². The molecule has 0 spiro atoms. The normalized spacial score (nSPS) is 10.3. The number of hydrazine groups is 1. The van der Waals surface area contributed by atoms with Crippen LogP contribution in [0.1, 0.15) is 21.2 Å². The number of rotatable bonds is 6. The highest BCUT2D eigenvalue weighted by Gasteiger charge is 2.11. The maximum atomic E-state index is 11.9. The molecule has 0 aliphatic heterocycles. The highest BCUT2D eigenvalue weighted by atomic mass is 35.5. The van der Waals surface area contributed by atoms with E-state index in [1.165, 1.54) is 17.5 Å². The number of pyridine rings is 1. The third kappa shape index (κ3) is 5.77. The summed E-state index contributed by atoms with van der Waals surface area (Å²) >= 11 is 7.22. The molecule has 0 saturated heterocycles. The molecule has 2 amide bonds. The molecule has 2 aromatic heterocycles. The van der Waals surface area contributed by atoms with Gasteiger partial charge in [-0.3, -0.25) is 25.4 Å². The number of amides is 2. The average molecular weight is 403 g/mol. The van der Waals surface area contributed by atoms with Crippen molar-refractivity contribution in [2.45, 2.75) is 13.0 Å². The number of aromatic nitrogens is 2. The molecule has 9 heteroatoms. The van der Waals surface area contributed by atoms with E-state index in [0.29, 0.717) is 23.1 Å². The minimum absolute atomic E-state index is 0.0416. The summed E-state index contributed by atoms with van der Waals surface area (Å²) < 4.78 is 5.62. The van der Waals surface area contributed by atoms with Gasteiger partial charge in [0.15, 0.2) is 0 Å². The van der Waals surface area contributed by atoms with Crippen molar-refractivity contribution in [2.75, 3.05) is 0 Å². The molecule has 0 saturated carbocycles. The topological polar surface area (TPSA) is 93.2 Å². The van der Waals surface area contributed by atoms with Gasteiger partial charge in [0.1, 0.15) is 23.1 Å². The van der Waals surface area contributed by atoms with E-state index in [2.05, 4.69) is 20.8 Å². The van der Waals surface area contributed by atoms with Crippen LogP contribution >= 0.6 is 22.9 Å². The van der Waals surface area contributed by atoms with E-state index >= 15 is 0 Å². The number of carbonyl (C=O) groups excluding carboxylic acids is 2. The Balaban J connectivity index is 1.45. The highest BCUT2D eigenvalue weighted by Crippen LogP contribution is 2.18. The second-order valence-corrected chi connectivity index (χ2v) is 6.75. The monoisotopic (exact) mass is 402 g/mol. The molecule has 7 nitrogen and oxygen atoms in total. The van der Waals surface area contributed by atoms with Crippen LogP contribution in [0, 0.1) is 0 Å². The fourth-order valence-corrected chi connectivity index (χ4v) is 2.90. The van der Waals surface area contributed by atoms with Gasteiger partial charge < -0.3 is 4.74 Å². The first-order chi connectivity index (χ1) is 13.1. The minimum atomic E-state index is -0.487. The van der Waals surface area contributed by atoms with Crippen molar-refractivity contribution < 1.29 is 14.3 Å². The van der Waals surface area contributed by atoms with E-state index in [1.807, 2.05) is 0 Å². The molecule has 2 N–H and O–H groups in total. The van der Waals surface area contributed by atoms with Crippen molar-refractivity contribution in [3.05, 3.63) is 75.5 Å².